The molecule has 0 aromatic heterocycles. The highest BCUT2D eigenvalue weighted by Crippen LogP contribution is 2.45. The van der Waals surface area contributed by atoms with Gasteiger partial charge in [-0.3, -0.25) is 9.52 Å². The van der Waals surface area contributed by atoms with E-state index in [2.05, 4.69) is 35.6 Å². The third-order valence-electron chi connectivity index (χ3n) is 9.11. The lowest BCUT2D eigenvalue weighted by Crippen LogP contribution is -2.44. The van der Waals surface area contributed by atoms with Gasteiger partial charge in [-0.05, 0) is 98.7 Å². The van der Waals surface area contributed by atoms with E-state index in [-0.39, 0.29) is 28.7 Å². The van der Waals surface area contributed by atoms with Gasteiger partial charge in [-0.1, -0.05) is 50.8 Å². The van der Waals surface area contributed by atoms with Crippen LogP contribution in [0.4, 0.5) is 5.69 Å². The number of hydrogen-bond acceptors (Lipinski definition) is 6. The summed E-state index contributed by atoms with van der Waals surface area (Å²) in [6, 6.07) is 11.6. The molecular formula is C34H49ClN2O5S2. The fourth-order valence-corrected chi connectivity index (χ4v) is 8.65. The average Bonchev–Trinajstić information content (AvgIpc) is 3.12. The highest BCUT2D eigenvalue weighted by Gasteiger charge is 2.40. The Bertz CT molecular complexity index is 1430. The van der Waals surface area contributed by atoms with Gasteiger partial charge in [0.2, 0.25) is 0 Å². The minimum absolute atomic E-state index is 0.0809. The standard InChI is InChI=1S/C34H49ClN2O5S2/c1-6-8-10-27(22-44(5,40)41)31-14-11-26(31)19-37-20-28(30-15-13-29(35)17-24(30)9-7-2)21-42-33-16-12-25(18-32(33)37)34(38)36-43(39)23(3)4/h12-13,15-18,23,26-28,31H,6-11,14,19-22H2,1-5H3,(H,36,38). The summed E-state index contributed by atoms with van der Waals surface area (Å²) in [4.78, 5) is 15.5. The maximum Gasteiger partial charge on any atom is 0.263 e. The minimum atomic E-state index is -3.09. The van der Waals surface area contributed by atoms with E-state index in [0.29, 0.717) is 30.6 Å². The zero-order valence-electron chi connectivity index (χ0n) is 26.8. The van der Waals surface area contributed by atoms with E-state index in [4.69, 9.17) is 16.3 Å². The number of hydrogen-bond donors (Lipinski definition) is 1. The van der Waals surface area contributed by atoms with Crippen LogP contribution in [0, 0.1) is 17.8 Å². The molecule has 1 N–H and O–H groups in total. The van der Waals surface area contributed by atoms with Gasteiger partial charge in [-0.15, -0.1) is 0 Å². The van der Waals surface area contributed by atoms with Gasteiger partial charge < -0.3 is 9.64 Å². The van der Waals surface area contributed by atoms with Crippen molar-refractivity contribution in [3.05, 3.63) is 58.1 Å². The van der Waals surface area contributed by atoms with Gasteiger partial charge >= 0.3 is 0 Å². The largest absolute Gasteiger partial charge is 0.491 e. The number of ether oxygens (including phenoxy) is 1. The quantitative estimate of drug-likeness (QED) is 0.235. The maximum absolute atomic E-state index is 13.1. The second-order valence-electron chi connectivity index (χ2n) is 13.0. The molecule has 10 heteroatoms. The van der Waals surface area contributed by atoms with E-state index in [9.17, 15) is 17.4 Å². The molecular weight excluding hydrogens is 616 g/mol. The fraction of sp³-hybridized carbons (Fsp3) is 0.618. The molecule has 244 valence electrons. The lowest BCUT2D eigenvalue weighted by atomic mass is 9.66. The zero-order chi connectivity index (χ0) is 32.0. The number of anilines is 1. The van der Waals surface area contributed by atoms with Gasteiger partial charge in [0.1, 0.15) is 26.6 Å². The summed E-state index contributed by atoms with van der Waals surface area (Å²) in [5.41, 5.74) is 3.74. The Balaban J connectivity index is 1.68. The number of sulfone groups is 1. The van der Waals surface area contributed by atoms with Crippen molar-refractivity contribution in [2.24, 2.45) is 17.8 Å². The summed E-state index contributed by atoms with van der Waals surface area (Å²) in [5.74, 6) is 1.49. The number of amides is 1. The molecule has 0 radical (unpaired) electrons. The van der Waals surface area contributed by atoms with Crippen molar-refractivity contribution in [1.82, 2.24) is 4.72 Å². The fourth-order valence-electron chi connectivity index (χ4n) is 6.72. The molecule has 2 aromatic rings. The first-order valence-electron chi connectivity index (χ1n) is 16.1. The molecule has 2 aliphatic rings. The van der Waals surface area contributed by atoms with Gasteiger partial charge in [0, 0.05) is 41.1 Å². The number of benzene rings is 2. The summed E-state index contributed by atoms with van der Waals surface area (Å²) < 4.78 is 46.2. The molecule has 0 spiro atoms. The van der Waals surface area contributed by atoms with E-state index in [1.807, 2.05) is 18.2 Å². The Hall–Kier alpha value is -2.10. The normalized spacial score (nSPS) is 21.5. The molecule has 1 aliphatic heterocycles. The SMILES string of the molecule is CCCCC(CS(C)(=O)=O)C1CCC1CN1CC(c2ccc(Cl)cc2CCC)COc2ccc(C(=O)NS(=O)C(C)C)cc21. The zero-order valence-corrected chi connectivity index (χ0v) is 29.2. The van der Waals surface area contributed by atoms with Crippen LogP contribution < -0.4 is 14.4 Å². The third kappa shape index (κ3) is 9.00. The lowest BCUT2D eigenvalue weighted by molar-refractivity contribution is 0.0982. The topological polar surface area (TPSA) is 92.8 Å². The second kappa shape index (κ2) is 15.5. The van der Waals surface area contributed by atoms with Crippen LogP contribution in [-0.2, 0) is 27.2 Å². The number of fused-ring (bicyclic) bond motifs is 1. The Morgan fingerprint density at radius 3 is 2.55 bits per heavy atom. The van der Waals surface area contributed by atoms with Crippen LogP contribution in [0.5, 0.6) is 5.75 Å². The number of rotatable bonds is 14. The maximum atomic E-state index is 13.1. The molecule has 1 saturated carbocycles. The molecule has 4 rings (SSSR count). The number of halogens is 1. The highest BCUT2D eigenvalue weighted by atomic mass is 35.5. The Morgan fingerprint density at radius 1 is 1.14 bits per heavy atom. The predicted octanol–water partition coefficient (Wildman–Crippen LogP) is 6.95. The first-order valence-corrected chi connectivity index (χ1v) is 19.7. The lowest BCUT2D eigenvalue weighted by Gasteiger charge is -2.45. The molecule has 0 saturated heterocycles. The van der Waals surface area contributed by atoms with Crippen LogP contribution in [0.15, 0.2) is 36.4 Å². The molecule has 1 heterocycles. The molecule has 5 atom stereocenters. The Morgan fingerprint density at radius 2 is 1.91 bits per heavy atom. The monoisotopic (exact) mass is 664 g/mol. The summed E-state index contributed by atoms with van der Waals surface area (Å²) in [6.45, 7) is 9.87. The number of nitrogens with one attached hydrogen (secondary N) is 1. The van der Waals surface area contributed by atoms with Crippen LogP contribution in [0.3, 0.4) is 0 Å². The molecule has 0 bridgehead atoms. The highest BCUT2D eigenvalue weighted by molar-refractivity contribution is 7.90. The van der Waals surface area contributed by atoms with Gasteiger partial charge in [0.15, 0.2) is 0 Å². The summed E-state index contributed by atoms with van der Waals surface area (Å²) in [6.07, 6.45) is 8.36. The average molecular weight is 665 g/mol. The number of nitrogens with zero attached hydrogens (tertiary/aromatic N) is 1. The van der Waals surface area contributed by atoms with Crippen molar-refractivity contribution in [3.8, 4) is 5.75 Å². The minimum Gasteiger partial charge on any atom is -0.491 e. The van der Waals surface area contributed by atoms with Crippen LogP contribution in [0.1, 0.15) is 93.6 Å². The van der Waals surface area contributed by atoms with E-state index >= 15 is 0 Å². The summed E-state index contributed by atoms with van der Waals surface area (Å²) in [7, 11) is -4.57. The van der Waals surface area contributed by atoms with Crippen molar-refractivity contribution in [3.63, 3.8) is 0 Å². The van der Waals surface area contributed by atoms with Crippen molar-refractivity contribution in [1.29, 1.82) is 0 Å². The van der Waals surface area contributed by atoms with E-state index in [1.54, 1.807) is 19.9 Å². The van der Waals surface area contributed by atoms with E-state index in [1.165, 1.54) is 17.4 Å². The van der Waals surface area contributed by atoms with Gasteiger partial charge in [0.05, 0.1) is 18.0 Å². The molecule has 1 aliphatic carbocycles. The van der Waals surface area contributed by atoms with Crippen molar-refractivity contribution < 1.29 is 22.2 Å². The van der Waals surface area contributed by atoms with Crippen molar-refractivity contribution >= 4 is 44.0 Å². The Labute approximate surface area is 272 Å². The number of carbonyl (C=O) groups excluding carboxylic acids is 1. The van der Waals surface area contributed by atoms with Crippen molar-refractivity contribution in [2.75, 3.05) is 36.6 Å². The number of carbonyl (C=O) groups is 1. The van der Waals surface area contributed by atoms with Gasteiger partial charge in [-0.25, -0.2) is 12.6 Å². The molecule has 7 nitrogen and oxygen atoms in total. The Kier molecular flexibility index (Phi) is 12.2. The van der Waals surface area contributed by atoms with E-state index in [0.717, 1.165) is 68.0 Å². The van der Waals surface area contributed by atoms with Crippen molar-refractivity contribution in [2.45, 2.75) is 83.8 Å². The number of unbranched alkanes of at least 4 members (excludes halogenated alkanes) is 1. The van der Waals surface area contributed by atoms with Crippen LogP contribution >= 0.6 is 11.6 Å². The molecule has 1 amide bonds. The van der Waals surface area contributed by atoms with Crippen LogP contribution in [0.25, 0.3) is 0 Å². The van der Waals surface area contributed by atoms with Crippen LogP contribution in [0.2, 0.25) is 5.02 Å². The van der Waals surface area contributed by atoms with Gasteiger partial charge in [0.25, 0.3) is 5.91 Å². The first kappa shape index (κ1) is 34.8. The van der Waals surface area contributed by atoms with E-state index < -0.39 is 20.8 Å². The first-order chi connectivity index (χ1) is 20.9. The second-order valence-corrected chi connectivity index (χ2v) is 17.3. The summed E-state index contributed by atoms with van der Waals surface area (Å²) in [5, 5.41) is 0.530. The predicted molar refractivity (Wildman–Crippen MR) is 182 cm³/mol. The molecule has 1 fully saturated rings. The number of aryl methyl sites for hydroxylation is 1. The van der Waals surface area contributed by atoms with Gasteiger partial charge in [-0.2, -0.15) is 0 Å². The van der Waals surface area contributed by atoms with Crippen LogP contribution in [-0.4, -0.2) is 55.5 Å². The summed E-state index contributed by atoms with van der Waals surface area (Å²) >= 11 is 6.41. The molecule has 2 aromatic carbocycles. The smallest absolute Gasteiger partial charge is 0.263 e. The molecule has 44 heavy (non-hydrogen) atoms. The third-order valence-corrected chi connectivity index (χ3v) is 11.6. The molecule has 5 unspecified atom stereocenters.